The van der Waals surface area contributed by atoms with E-state index in [1.165, 1.54) is 17.7 Å². The summed E-state index contributed by atoms with van der Waals surface area (Å²) in [6.07, 6.45) is 0.749. The van der Waals surface area contributed by atoms with E-state index in [1.54, 1.807) is 12.1 Å². The molecule has 0 saturated carbocycles. The summed E-state index contributed by atoms with van der Waals surface area (Å²) < 4.78 is 13.8. The molecule has 0 aliphatic rings. The van der Waals surface area contributed by atoms with Crippen LogP contribution in [0.1, 0.15) is 17.2 Å². The minimum absolute atomic E-state index is 0.100. The molecule has 2 rings (SSSR count). The topological polar surface area (TPSA) is 26.0 Å². The second kappa shape index (κ2) is 5.43. The van der Waals surface area contributed by atoms with Crippen LogP contribution in [0.25, 0.3) is 0 Å². The average Bonchev–Trinajstić information content (AvgIpc) is 2.33. The number of rotatable bonds is 3. The zero-order valence-corrected chi connectivity index (χ0v) is 10.8. The Bertz CT molecular complexity index is 479. The zero-order chi connectivity index (χ0) is 12.3. The highest BCUT2D eigenvalue weighted by atomic mass is 79.9. The third kappa shape index (κ3) is 3.38. The fraction of sp³-hybridized carbons (Fsp3) is 0.143. The summed E-state index contributed by atoms with van der Waals surface area (Å²) in [6.45, 7) is 0. The standard InChI is InChI=1S/C14H13BrFN/c15-12-5-1-10(2-6-12)9-14(17)11-3-7-13(16)8-4-11/h1-8,14H,9,17H2. The molecule has 17 heavy (non-hydrogen) atoms. The van der Waals surface area contributed by atoms with Crippen LogP contribution in [0.5, 0.6) is 0 Å². The van der Waals surface area contributed by atoms with Gasteiger partial charge in [-0.15, -0.1) is 0 Å². The summed E-state index contributed by atoms with van der Waals surface area (Å²) in [6, 6.07) is 14.3. The van der Waals surface area contributed by atoms with Gasteiger partial charge in [0, 0.05) is 10.5 Å². The molecule has 1 unspecified atom stereocenters. The predicted molar refractivity (Wildman–Crippen MR) is 71.2 cm³/mol. The highest BCUT2D eigenvalue weighted by Gasteiger charge is 2.07. The minimum atomic E-state index is -0.232. The Kier molecular flexibility index (Phi) is 3.92. The molecule has 0 heterocycles. The second-order valence-corrected chi connectivity index (χ2v) is 4.90. The smallest absolute Gasteiger partial charge is 0.123 e. The highest BCUT2D eigenvalue weighted by Crippen LogP contribution is 2.18. The van der Waals surface area contributed by atoms with Crippen molar-refractivity contribution < 1.29 is 4.39 Å². The Morgan fingerprint density at radius 1 is 1.00 bits per heavy atom. The van der Waals surface area contributed by atoms with Crippen LogP contribution in [0.15, 0.2) is 53.0 Å². The van der Waals surface area contributed by atoms with Crippen molar-refractivity contribution in [3.05, 3.63) is 69.9 Å². The quantitative estimate of drug-likeness (QED) is 0.914. The van der Waals surface area contributed by atoms with Crippen molar-refractivity contribution in [2.45, 2.75) is 12.5 Å². The first-order valence-corrected chi connectivity index (χ1v) is 6.20. The molecular weight excluding hydrogens is 281 g/mol. The SMILES string of the molecule is NC(Cc1ccc(Br)cc1)c1ccc(F)cc1. The van der Waals surface area contributed by atoms with E-state index >= 15 is 0 Å². The van der Waals surface area contributed by atoms with Gasteiger partial charge in [0.1, 0.15) is 5.82 Å². The van der Waals surface area contributed by atoms with Gasteiger partial charge >= 0.3 is 0 Å². The molecule has 1 atom stereocenters. The molecule has 1 nitrogen and oxygen atoms in total. The molecule has 0 fully saturated rings. The Balaban J connectivity index is 2.08. The third-order valence-electron chi connectivity index (χ3n) is 2.67. The monoisotopic (exact) mass is 293 g/mol. The Morgan fingerprint density at radius 2 is 1.59 bits per heavy atom. The van der Waals surface area contributed by atoms with E-state index in [4.69, 9.17) is 5.73 Å². The van der Waals surface area contributed by atoms with Crippen molar-refractivity contribution in [1.29, 1.82) is 0 Å². The summed E-state index contributed by atoms with van der Waals surface area (Å²) in [5.74, 6) is -0.232. The summed E-state index contributed by atoms with van der Waals surface area (Å²) in [7, 11) is 0. The molecule has 0 aliphatic carbocycles. The van der Waals surface area contributed by atoms with Gasteiger partial charge in [-0.05, 0) is 41.8 Å². The van der Waals surface area contributed by atoms with Gasteiger partial charge in [0.25, 0.3) is 0 Å². The van der Waals surface area contributed by atoms with Gasteiger partial charge < -0.3 is 5.73 Å². The van der Waals surface area contributed by atoms with Gasteiger partial charge in [0.15, 0.2) is 0 Å². The molecule has 2 N–H and O–H groups in total. The lowest BCUT2D eigenvalue weighted by Gasteiger charge is -2.12. The van der Waals surface area contributed by atoms with Crippen LogP contribution < -0.4 is 5.73 Å². The lowest BCUT2D eigenvalue weighted by molar-refractivity contribution is 0.624. The van der Waals surface area contributed by atoms with E-state index in [-0.39, 0.29) is 11.9 Å². The van der Waals surface area contributed by atoms with Gasteiger partial charge in [0.05, 0.1) is 0 Å². The van der Waals surface area contributed by atoms with Crippen molar-refractivity contribution in [2.75, 3.05) is 0 Å². The predicted octanol–water partition coefficient (Wildman–Crippen LogP) is 3.83. The average molecular weight is 294 g/mol. The largest absolute Gasteiger partial charge is 0.324 e. The second-order valence-electron chi connectivity index (χ2n) is 3.99. The Hall–Kier alpha value is -1.19. The first-order chi connectivity index (χ1) is 8.15. The van der Waals surface area contributed by atoms with Crippen molar-refractivity contribution in [1.82, 2.24) is 0 Å². The molecular formula is C14H13BrFN. The van der Waals surface area contributed by atoms with Crippen LogP contribution in [0, 0.1) is 5.82 Å². The Labute approximate surface area is 109 Å². The summed E-state index contributed by atoms with van der Waals surface area (Å²) in [5.41, 5.74) is 8.21. The van der Waals surface area contributed by atoms with Gasteiger partial charge in [-0.3, -0.25) is 0 Å². The summed E-state index contributed by atoms with van der Waals surface area (Å²) in [5, 5.41) is 0. The highest BCUT2D eigenvalue weighted by molar-refractivity contribution is 9.10. The van der Waals surface area contributed by atoms with E-state index in [1.807, 2.05) is 24.3 Å². The fourth-order valence-corrected chi connectivity index (χ4v) is 1.97. The zero-order valence-electron chi connectivity index (χ0n) is 9.24. The van der Waals surface area contributed by atoms with Gasteiger partial charge in [0.2, 0.25) is 0 Å². The molecule has 2 aromatic rings. The van der Waals surface area contributed by atoms with Gasteiger partial charge in [-0.2, -0.15) is 0 Å². The van der Waals surface area contributed by atoms with Crippen molar-refractivity contribution >= 4 is 15.9 Å². The third-order valence-corrected chi connectivity index (χ3v) is 3.20. The molecule has 0 spiro atoms. The van der Waals surface area contributed by atoms with E-state index in [0.717, 1.165) is 16.5 Å². The maximum atomic E-state index is 12.8. The van der Waals surface area contributed by atoms with Gasteiger partial charge in [-0.25, -0.2) is 4.39 Å². The molecule has 0 saturated heterocycles. The van der Waals surface area contributed by atoms with Crippen molar-refractivity contribution in [3.8, 4) is 0 Å². The van der Waals surface area contributed by atoms with Crippen LogP contribution in [-0.4, -0.2) is 0 Å². The summed E-state index contributed by atoms with van der Waals surface area (Å²) >= 11 is 3.39. The van der Waals surface area contributed by atoms with Crippen LogP contribution in [0.2, 0.25) is 0 Å². The molecule has 0 bridgehead atoms. The van der Waals surface area contributed by atoms with E-state index in [9.17, 15) is 4.39 Å². The normalized spacial score (nSPS) is 12.4. The first-order valence-electron chi connectivity index (χ1n) is 5.40. The summed E-state index contributed by atoms with van der Waals surface area (Å²) in [4.78, 5) is 0. The molecule has 0 amide bonds. The minimum Gasteiger partial charge on any atom is -0.324 e. The molecule has 0 aliphatic heterocycles. The number of nitrogens with two attached hydrogens (primary N) is 1. The lowest BCUT2D eigenvalue weighted by Crippen LogP contribution is -2.13. The van der Waals surface area contributed by atoms with E-state index in [0.29, 0.717) is 0 Å². The fourth-order valence-electron chi connectivity index (χ4n) is 1.70. The number of hydrogen-bond donors (Lipinski definition) is 1. The van der Waals surface area contributed by atoms with Crippen LogP contribution in [0.3, 0.4) is 0 Å². The molecule has 2 aromatic carbocycles. The first kappa shape index (κ1) is 12.3. The van der Waals surface area contributed by atoms with E-state index < -0.39 is 0 Å². The lowest BCUT2D eigenvalue weighted by atomic mass is 10.00. The molecule has 88 valence electrons. The number of halogens is 2. The van der Waals surface area contributed by atoms with Crippen LogP contribution >= 0.6 is 15.9 Å². The van der Waals surface area contributed by atoms with Gasteiger partial charge in [-0.1, -0.05) is 40.2 Å². The number of hydrogen-bond acceptors (Lipinski definition) is 1. The van der Waals surface area contributed by atoms with Crippen LogP contribution in [0.4, 0.5) is 4.39 Å². The van der Waals surface area contributed by atoms with E-state index in [2.05, 4.69) is 15.9 Å². The van der Waals surface area contributed by atoms with Crippen molar-refractivity contribution in [3.63, 3.8) is 0 Å². The molecule has 0 radical (unpaired) electrons. The molecule has 3 heteroatoms. The maximum absolute atomic E-state index is 12.8. The number of benzene rings is 2. The Morgan fingerprint density at radius 3 is 2.18 bits per heavy atom. The maximum Gasteiger partial charge on any atom is 0.123 e. The van der Waals surface area contributed by atoms with Crippen molar-refractivity contribution in [2.24, 2.45) is 5.73 Å². The molecule has 0 aromatic heterocycles. The van der Waals surface area contributed by atoms with Crippen LogP contribution in [-0.2, 0) is 6.42 Å².